The molecule has 2 heteroatoms. The fraction of sp³-hybridized carbons (Fsp3) is 0. The van der Waals surface area contributed by atoms with E-state index in [0.717, 1.165) is 0 Å². The SMILES string of the molecule is c1ccc(-c2ccc(-c3ccc(-c4cccc5sc6cccc(-n7c8ccccc8c8ccccc87)c6c45)cc3)cc2)cc1. The first kappa shape index (κ1) is 25.1. The van der Waals surface area contributed by atoms with Crippen molar-refractivity contribution >= 4 is 53.3 Å². The minimum absolute atomic E-state index is 1.22. The Bertz CT molecular complexity index is 2410. The summed E-state index contributed by atoms with van der Waals surface area (Å²) in [4.78, 5) is 0. The van der Waals surface area contributed by atoms with E-state index in [-0.39, 0.29) is 0 Å². The lowest BCUT2D eigenvalue weighted by atomic mass is 9.95. The van der Waals surface area contributed by atoms with E-state index in [9.17, 15) is 0 Å². The molecule has 0 atom stereocenters. The van der Waals surface area contributed by atoms with E-state index in [1.165, 1.54) is 81.0 Å². The van der Waals surface area contributed by atoms with Gasteiger partial charge in [-0.05, 0) is 63.7 Å². The number of para-hydroxylation sites is 2. The number of fused-ring (bicyclic) bond motifs is 6. The van der Waals surface area contributed by atoms with E-state index in [4.69, 9.17) is 0 Å². The maximum atomic E-state index is 2.46. The molecule has 1 nitrogen and oxygen atoms in total. The molecule has 0 aliphatic heterocycles. The van der Waals surface area contributed by atoms with E-state index >= 15 is 0 Å². The molecule has 0 N–H and O–H groups in total. The fourth-order valence-corrected chi connectivity index (χ4v) is 7.94. The quantitative estimate of drug-likeness (QED) is 0.196. The van der Waals surface area contributed by atoms with Gasteiger partial charge in [0.05, 0.1) is 16.7 Å². The standard InChI is InChI=1S/C42H27NS/c1-2-10-28(11-3-1)29-20-22-30(23-21-29)31-24-26-32(27-25-31)33-14-8-18-39-41(33)42-38(17-9-19-40(42)44-39)43-36-15-6-4-12-34(36)35-13-5-7-16-37(35)43/h1-27H. The largest absolute Gasteiger partial charge is 0.309 e. The smallest absolute Gasteiger partial charge is 0.0555 e. The molecule has 9 aromatic rings. The lowest BCUT2D eigenvalue weighted by Gasteiger charge is -2.12. The number of rotatable bonds is 4. The van der Waals surface area contributed by atoms with Crippen LogP contribution in [0.1, 0.15) is 0 Å². The van der Waals surface area contributed by atoms with Crippen LogP contribution in [-0.2, 0) is 0 Å². The van der Waals surface area contributed by atoms with Gasteiger partial charge < -0.3 is 4.57 Å². The number of nitrogens with zero attached hydrogens (tertiary/aromatic N) is 1. The highest BCUT2D eigenvalue weighted by atomic mass is 32.1. The van der Waals surface area contributed by atoms with E-state index in [0.29, 0.717) is 0 Å². The van der Waals surface area contributed by atoms with Gasteiger partial charge in [0.1, 0.15) is 0 Å². The molecular weight excluding hydrogens is 551 g/mol. The van der Waals surface area contributed by atoms with Crippen LogP contribution in [-0.4, -0.2) is 4.57 Å². The molecule has 0 fully saturated rings. The zero-order valence-corrected chi connectivity index (χ0v) is 24.8. The molecule has 2 aromatic heterocycles. The molecule has 0 saturated heterocycles. The first-order chi connectivity index (χ1) is 21.8. The summed E-state index contributed by atoms with van der Waals surface area (Å²) < 4.78 is 5.08. The molecule has 0 radical (unpaired) electrons. The molecule has 9 rings (SSSR count). The Hall–Kier alpha value is -5.44. The third-order valence-corrected chi connectivity index (χ3v) is 9.96. The molecule has 0 aliphatic rings. The van der Waals surface area contributed by atoms with E-state index in [2.05, 4.69) is 168 Å². The van der Waals surface area contributed by atoms with Crippen LogP contribution in [0.3, 0.4) is 0 Å². The zero-order valence-electron chi connectivity index (χ0n) is 23.9. The Morgan fingerprint density at radius 2 is 0.818 bits per heavy atom. The van der Waals surface area contributed by atoms with Gasteiger partial charge in [0.25, 0.3) is 0 Å². The number of hydrogen-bond donors (Lipinski definition) is 0. The van der Waals surface area contributed by atoms with Crippen molar-refractivity contribution in [2.45, 2.75) is 0 Å². The van der Waals surface area contributed by atoms with Gasteiger partial charge in [0.15, 0.2) is 0 Å². The van der Waals surface area contributed by atoms with Crippen molar-refractivity contribution in [3.63, 3.8) is 0 Å². The van der Waals surface area contributed by atoms with Crippen molar-refractivity contribution in [2.75, 3.05) is 0 Å². The van der Waals surface area contributed by atoms with Crippen LogP contribution < -0.4 is 0 Å². The van der Waals surface area contributed by atoms with Gasteiger partial charge in [-0.1, -0.05) is 133 Å². The molecule has 44 heavy (non-hydrogen) atoms. The monoisotopic (exact) mass is 577 g/mol. The van der Waals surface area contributed by atoms with Crippen molar-refractivity contribution in [3.8, 4) is 39.1 Å². The summed E-state index contributed by atoms with van der Waals surface area (Å²) in [5.41, 5.74) is 11.1. The van der Waals surface area contributed by atoms with Crippen molar-refractivity contribution < 1.29 is 0 Å². The second kappa shape index (κ2) is 10.1. The molecule has 0 bridgehead atoms. The summed E-state index contributed by atoms with van der Waals surface area (Å²) in [5.74, 6) is 0. The minimum atomic E-state index is 1.22. The third kappa shape index (κ3) is 3.92. The Morgan fingerprint density at radius 3 is 1.43 bits per heavy atom. The Labute approximate surface area is 259 Å². The van der Waals surface area contributed by atoms with E-state index < -0.39 is 0 Å². The van der Waals surface area contributed by atoms with Gasteiger partial charge in [-0.15, -0.1) is 11.3 Å². The van der Waals surface area contributed by atoms with Crippen LogP contribution in [0, 0.1) is 0 Å². The molecular formula is C42H27NS. The summed E-state index contributed by atoms with van der Waals surface area (Å²) in [6.07, 6.45) is 0. The van der Waals surface area contributed by atoms with E-state index in [1.54, 1.807) is 0 Å². The van der Waals surface area contributed by atoms with Crippen LogP contribution in [0.5, 0.6) is 0 Å². The molecule has 7 aromatic carbocycles. The van der Waals surface area contributed by atoms with E-state index in [1.807, 2.05) is 11.3 Å². The molecule has 0 spiro atoms. The number of thiophene rings is 1. The second-order valence-electron chi connectivity index (χ2n) is 11.3. The average molecular weight is 578 g/mol. The maximum absolute atomic E-state index is 2.46. The van der Waals surface area contributed by atoms with Gasteiger partial charge in [-0.2, -0.15) is 0 Å². The predicted molar refractivity (Wildman–Crippen MR) is 190 cm³/mol. The van der Waals surface area contributed by atoms with Crippen LogP contribution in [0.15, 0.2) is 164 Å². The normalized spacial score (nSPS) is 11.6. The third-order valence-electron chi connectivity index (χ3n) is 8.84. The number of hydrogen-bond acceptors (Lipinski definition) is 1. The van der Waals surface area contributed by atoms with Gasteiger partial charge in [-0.25, -0.2) is 0 Å². The Kier molecular flexibility index (Phi) is 5.75. The molecule has 0 aliphatic carbocycles. The summed E-state index contributed by atoms with van der Waals surface area (Å²) in [6.45, 7) is 0. The summed E-state index contributed by atoms with van der Waals surface area (Å²) in [6, 6.07) is 59.5. The van der Waals surface area contributed by atoms with Crippen LogP contribution in [0.2, 0.25) is 0 Å². The van der Waals surface area contributed by atoms with Gasteiger partial charge >= 0.3 is 0 Å². The van der Waals surface area contributed by atoms with Crippen molar-refractivity contribution in [2.24, 2.45) is 0 Å². The Balaban J connectivity index is 1.20. The van der Waals surface area contributed by atoms with Crippen LogP contribution in [0.4, 0.5) is 0 Å². The fourth-order valence-electron chi connectivity index (χ4n) is 6.79. The molecule has 0 unspecified atom stereocenters. The van der Waals surface area contributed by atoms with Crippen molar-refractivity contribution in [1.82, 2.24) is 4.57 Å². The number of benzene rings is 7. The first-order valence-corrected chi connectivity index (χ1v) is 15.8. The summed E-state index contributed by atoms with van der Waals surface area (Å²) in [7, 11) is 0. The number of aromatic nitrogens is 1. The minimum Gasteiger partial charge on any atom is -0.309 e. The predicted octanol–water partition coefficient (Wildman–Crippen LogP) is 12.2. The maximum Gasteiger partial charge on any atom is 0.0555 e. The molecule has 2 heterocycles. The first-order valence-electron chi connectivity index (χ1n) is 15.0. The van der Waals surface area contributed by atoms with Gasteiger partial charge in [0, 0.05) is 30.9 Å². The highest BCUT2D eigenvalue weighted by molar-refractivity contribution is 7.26. The highest BCUT2D eigenvalue weighted by Crippen LogP contribution is 2.44. The van der Waals surface area contributed by atoms with Crippen molar-refractivity contribution in [3.05, 3.63) is 164 Å². The highest BCUT2D eigenvalue weighted by Gasteiger charge is 2.18. The Morgan fingerprint density at radius 1 is 0.341 bits per heavy atom. The topological polar surface area (TPSA) is 4.93 Å². The average Bonchev–Trinajstić information content (AvgIpc) is 3.65. The van der Waals surface area contributed by atoms with Gasteiger partial charge in [-0.3, -0.25) is 0 Å². The zero-order chi connectivity index (χ0) is 29.0. The molecule has 0 amide bonds. The van der Waals surface area contributed by atoms with Crippen LogP contribution in [0.25, 0.3) is 81.0 Å². The second-order valence-corrected chi connectivity index (χ2v) is 12.4. The summed E-state index contributed by atoms with van der Waals surface area (Å²) in [5, 5.41) is 5.21. The molecule has 0 saturated carbocycles. The summed E-state index contributed by atoms with van der Waals surface area (Å²) >= 11 is 1.88. The van der Waals surface area contributed by atoms with Crippen LogP contribution >= 0.6 is 11.3 Å². The lowest BCUT2D eigenvalue weighted by Crippen LogP contribution is -1.94. The lowest BCUT2D eigenvalue weighted by molar-refractivity contribution is 1.20. The molecule has 206 valence electrons. The van der Waals surface area contributed by atoms with Crippen molar-refractivity contribution in [1.29, 1.82) is 0 Å². The van der Waals surface area contributed by atoms with Gasteiger partial charge in [0.2, 0.25) is 0 Å².